The van der Waals surface area contributed by atoms with Crippen LogP contribution < -0.4 is 10.1 Å². The summed E-state index contributed by atoms with van der Waals surface area (Å²) in [5.74, 6) is 1.59. The van der Waals surface area contributed by atoms with Crippen LogP contribution in [0.2, 0.25) is 0 Å². The van der Waals surface area contributed by atoms with E-state index in [1.54, 1.807) is 30.6 Å². The number of methoxy groups -OCH3 is 1. The number of hydrogen-bond acceptors (Lipinski definition) is 6. The monoisotopic (exact) mass is 338 g/mol. The van der Waals surface area contributed by atoms with Crippen LogP contribution in [0, 0.1) is 6.92 Å². The average molecular weight is 338 g/mol. The third kappa shape index (κ3) is 3.00. The molecule has 2 aromatic heterocycles. The molecule has 4 rings (SSSR count). The average Bonchev–Trinajstić information content (AvgIpc) is 3.29. The molecule has 2 heterocycles. The Kier molecular flexibility index (Phi) is 3.76. The first kappa shape index (κ1) is 15.4. The van der Waals surface area contributed by atoms with Crippen LogP contribution in [0.3, 0.4) is 0 Å². The van der Waals surface area contributed by atoms with Crippen LogP contribution >= 0.6 is 0 Å². The minimum Gasteiger partial charge on any atom is -0.465 e. The van der Waals surface area contributed by atoms with E-state index in [0.29, 0.717) is 23.2 Å². The number of anilines is 1. The molecule has 25 heavy (non-hydrogen) atoms. The van der Waals surface area contributed by atoms with Crippen LogP contribution in [0.15, 0.2) is 36.8 Å². The lowest BCUT2D eigenvalue weighted by molar-refractivity contribution is 0.0600. The Balaban J connectivity index is 1.64. The Morgan fingerprint density at radius 2 is 2.16 bits per heavy atom. The molecule has 1 aromatic carbocycles. The highest BCUT2D eigenvalue weighted by Gasteiger charge is 2.23. The zero-order valence-electron chi connectivity index (χ0n) is 14.0. The smallest absolute Gasteiger partial charge is 0.337 e. The summed E-state index contributed by atoms with van der Waals surface area (Å²) in [4.78, 5) is 20.4. The van der Waals surface area contributed by atoms with Crippen molar-refractivity contribution in [3.05, 3.63) is 47.9 Å². The number of nitrogens with one attached hydrogen (secondary N) is 1. The molecule has 1 N–H and O–H groups in total. The van der Waals surface area contributed by atoms with Crippen molar-refractivity contribution in [2.24, 2.45) is 0 Å². The summed E-state index contributed by atoms with van der Waals surface area (Å²) in [7, 11) is 1.36. The van der Waals surface area contributed by atoms with Crippen molar-refractivity contribution in [1.82, 2.24) is 14.4 Å². The first-order chi connectivity index (χ1) is 12.2. The number of hydrogen-bond donors (Lipinski definition) is 1. The summed E-state index contributed by atoms with van der Waals surface area (Å²) in [6.45, 7) is 1.88. The molecule has 0 aliphatic heterocycles. The lowest BCUT2D eigenvalue weighted by Gasteiger charge is -2.12. The number of benzene rings is 1. The van der Waals surface area contributed by atoms with Gasteiger partial charge in [-0.3, -0.25) is 4.40 Å². The lowest BCUT2D eigenvalue weighted by atomic mass is 10.1. The molecule has 0 amide bonds. The lowest BCUT2D eigenvalue weighted by Crippen LogP contribution is -2.06. The highest BCUT2D eigenvalue weighted by atomic mass is 16.5. The second-order valence-corrected chi connectivity index (χ2v) is 6.06. The quantitative estimate of drug-likeness (QED) is 0.720. The molecule has 1 fully saturated rings. The minimum absolute atomic E-state index is 0.371. The number of esters is 1. The second kappa shape index (κ2) is 6.08. The predicted octanol–water partition coefficient (Wildman–Crippen LogP) is 3.19. The van der Waals surface area contributed by atoms with Gasteiger partial charge in [-0.15, -0.1) is 0 Å². The summed E-state index contributed by atoms with van der Waals surface area (Å²) in [5.41, 5.74) is 2.05. The number of ether oxygens (including phenoxy) is 2. The molecule has 0 saturated heterocycles. The van der Waals surface area contributed by atoms with E-state index in [2.05, 4.69) is 15.3 Å². The normalized spacial score (nSPS) is 13.7. The molecule has 0 atom stereocenters. The van der Waals surface area contributed by atoms with Gasteiger partial charge in [0, 0.05) is 18.4 Å². The van der Waals surface area contributed by atoms with Gasteiger partial charge in [0.2, 0.25) is 5.88 Å². The van der Waals surface area contributed by atoms with Gasteiger partial charge in [0.25, 0.3) is 0 Å². The molecule has 1 aliphatic rings. The molecule has 1 aliphatic carbocycles. The molecule has 7 heteroatoms. The van der Waals surface area contributed by atoms with Gasteiger partial charge < -0.3 is 14.8 Å². The molecule has 128 valence electrons. The Morgan fingerprint density at radius 1 is 1.32 bits per heavy atom. The summed E-state index contributed by atoms with van der Waals surface area (Å²) < 4.78 is 12.6. The van der Waals surface area contributed by atoms with Crippen LogP contribution in [0.25, 0.3) is 5.65 Å². The maximum atomic E-state index is 11.6. The van der Waals surface area contributed by atoms with Crippen LogP contribution in [-0.4, -0.2) is 33.5 Å². The zero-order valence-corrected chi connectivity index (χ0v) is 14.0. The molecular formula is C18H18N4O3. The first-order valence-electron chi connectivity index (χ1n) is 8.11. The van der Waals surface area contributed by atoms with Crippen molar-refractivity contribution < 1.29 is 14.3 Å². The van der Waals surface area contributed by atoms with Crippen LogP contribution in [0.5, 0.6) is 11.6 Å². The van der Waals surface area contributed by atoms with E-state index < -0.39 is 0 Å². The molecule has 1 saturated carbocycles. The van der Waals surface area contributed by atoms with Crippen molar-refractivity contribution >= 4 is 17.4 Å². The van der Waals surface area contributed by atoms with Crippen molar-refractivity contribution in [2.75, 3.05) is 12.4 Å². The van der Waals surface area contributed by atoms with Crippen molar-refractivity contribution in [1.29, 1.82) is 0 Å². The predicted molar refractivity (Wildman–Crippen MR) is 92.2 cm³/mol. The minimum atomic E-state index is -0.371. The highest BCUT2D eigenvalue weighted by Crippen LogP contribution is 2.30. The number of carbonyl (C=O) groups is 1. The van der Waals surface area contributed by atoms with E-state index >= 15 is 0 Å². The number of carbonyl (C=O) groups excluding carboxylic acids is 1. The van der Waals surface area contributed by atoms with Gasteiger partial charge in [0.05, 0.1) is 18.9 Å². The fourth-order valence-electron chi connectivity index (χ4n) is 2.62. The summed E-state index contributed by atoms with van der Waals surface area (Å²) >= 11 is 0. The van der Waals surface area contributed by atoms with Gasteiger partial charge in [-0.25, -0.2) is 14.8 Å². The molecule has 7 nitrogen and oxygen atoms in total. The van der Waals surface area contributed by atoms with Crippen molar-refractivity contribution in [2.45, 2.75) is 25.8 Å². The van der Waals surface area contributed by atoms with Crippen LogP contribution in [0.4, 0.5) is 5.82 Å². The molecule has 0 radical (unpaired) electrons. The third-order valence-corrected chi connectivity index (χ3v) is 4.12. The van der Waals surface area contributed by atoms with Gasteiger partial charge >= 0.3 is 5.97 Å². The van der Waals surface area contributed by atoms with E-state index in [4.69, 9.17) is 9.47 Å². The Morgan fingerprint density at radius 3 is 2.88 bits per heavy atom. The van der Waals surface area contributed by atoms with Gasteiger partial charge in [-0.2, -0.15) is 0 Å². The van der Waals surface area contributed by atoms with Gasteiger partial charge in [-0.1, -0.05) is 0 Å². The molecule has 0 spiro atoms. The third-order valence-electron chi connectivity index (χ3n) is 4.12. The van der Waals surface area contributed by atoms with E-state index in [-0.39, 0.29) is 5.97 Å². The van der Waals surface area contributed by atoms with E-state index in [9.17, 15) is 4.79 Å². The van der Waals surface area contributed by atoms with Gasteiger partial charge in [-0.05, 0) is 43.5 Å². The Bertz CT molecular complexity index is 947. The van der Waals surface area contributed by atoms with E-state index in [1.807, 2.05) is 17.5 Å². The topological polar surface area (TPSA) is 77.8 Å². The van der Waals surface area contributed by atoms with Crippen molar-refractivity contribution in [3.63, 3.8) is 0 Å². The van der Waals surface area contributed by atoms with E-state index in [0.717, 1.165) is 17.0 Å². The van der Waals surface area contributed by atoms with Gasteiger partial charge in [0.1, 0.15) is 5.75 Å². The standard InChI is InChI=1S/C18H18N4O3/c1-11-9-12(18(23)24-2)3-6-14(11)25-15-10-20-16(21-13-4-5-13)17-19-7-8-22(15)17/h3,6-10,13H,4-5H2,1-2H3,(H,20,21). The largest absolute Gasteiger partial charge is 0.465 e. The number of rotatable bonds is 5. The fourth-order valence-corrected chi connectivity index (χ4v) is 2.62. The molecular weight excluding hydrogens is 320 g/mol. The summed E-state index contributed by atoms with van der Waals surface area (Å²) in [5, 5.41) is 3.37. The number of imidazole rings is 1. The summed E-state index contributed by atoms with van der Waals surface area (Å²) in [6.07, 6.45) is 7.56. The molecule has 0 unspecified atom stereocenters. The van der Waals surface area contributed by atoms with Crippen molar-refractivity contribution in [3.8, 4) is 11.6 Å². The number of fused-ring (bicyclic) bond motifs is 1. The number of aryl methyl sites for hydroxylation is 1. The maximum absolute atomic E-state index is 11.6. The van der Waals surface area contributed by atoms with Crippen LogP contribution in [0.1, 0.15) is 28.8 Å². The fraction of sp³-hybridized carbons (Fsp3) is 0.278. The van der Waals surface area contributed by atoms with E-state index in [1.165, 1.54) is 20.0 Å². The molecule has 3 aromatic rings. The number of aromatic nitrogens is 3. The highest BCUT2D eigenvalue weighted by molar-refractivity contribution is 5.89. The summed E-state index contributed by atoms with van der Waals surface area (Å²) in [6, 6.07) is 5.66. The SMILES string of the molecule is COC(=O)c1ccc(Oc2cnc(NC3CC3)c3nccn23)c(C)c1. The Hall–Kier alpha value is -3.09. The first-order valence-corrected chi connectivity index (χ1v) is 8.11. The maximum Gasteiger partial charge on any atom is 0.337 e. The number of nitrogens with zero attached hydrogens (tertiary/aromatic N) is 3. The van der Waals surface area contributed by atoms with Crippen LogP contribution in [-0.2, 0) is 4.74 Å². The van der Waals surface area contributed by atoms with Gasteiger partial charge in [0.15, 0.2) is 11.5 Å². The second-order valence-electron chi connectivity index (χ2n) is 6.06. The molecule has 0 bridgehead atoms. The Labute approximate surface area is 144 Å². The zero-order chi connectivity index (χ0) is 17.4.